The number of carboxylic acid groups (broad SMARTS) is 1. The van der Waals surface area contributed by atoms with Gasteiger partial charge >= 0.3 is 5.97 Å². The SMILES string of the molecule is O=C(O)[C@H]1Cc2ccccc2CN1C(=O)C1CCN(c2cnccn2)CC1. The molecule has 1 aromatic carbocycles. The van der Waals surface area contributed by atoms with E-state index in [1.165, 1.54) is 0 Å². The van der Waals surface area contributed by atoms with Crippen molar-refractivity contribution in [2.75, 3.05) is 18.0 Å². The van der Waals surface area contributed by atoms with Crippen molar-refractivity contribution in [3.05, 3.63) is 54.0 Å². The van der Waals surface area contributed by atoms with E-state index in [-0.39, 0.29) is 11.8 Å². The smallest absolute Gasteiger partial charge is 0.326 e. The maximum Gasteiger partial charge on any atom is 0.326 e. The third-order valence-corrected chi connectivity index (χ3v) is 5.53. The fourth-order valence-electron chi connectivity index (χ4n) is 4.02. The number of fused-ring (bicyclic) bond motifs is 1. The molecule has 0 saturated carbocycles. The Balaban J connectivity index is 1.46. The highest BCUT2D eigenvalue weighted by Gasteiger charge is 2.38. The highest BCUT2D eigenvalue weighted by atomic mass is 16.4. The molecule has 7 heteroatoms. The number of amides is 1. The van der Waals surface area contributed by atoms with Crippen molar-refractivity contribution in [3.63, 3.8) is 0 Å². The van der Waals surface area contributed by atoms with Gasteiger partial charge in [0.2, 0.25) is 5.91 Å². The highest BCUT2D eigenvalue weighted by Crippen LogP contribution is 2.29. The zero-order valence-corrected chi connectivity index (χ0v) is 15.0. The van der Waals surface area contributed by atoms with E-state index in [9.17, 15) is 14.7 Å². The largest absolute Gasteiger partial charge is 0.480 e. The molecule has 1 atom stereocenters. The Morgan fingerprint density at radius 1 is 1.07 bits per heavy atom. The number of aliphatic carboxylic acids is 1. The molecule has 7 nitrogen and oxygen atoms in total. The first kappa shape index (κ1) is 17.5. The van der Waals surface area contributed by atoms with Crippen molar-refractivity contribution in [3.8, 4) is 0 Å². The van der Waals surface area contributed by atoms with Gasteiger partial charge in [0, 0.05) is 44.4 Å². The van der Waals surface area contributed by atoms with Crippen molar-refractivity contribution in [1.29, 1.82) is 0 Å². The van der Waals surface area contributed by atoms with Crippen molar-refractivity contribution >= 4 is 17.7 Å². The minimum atomic E-state index is -0.935. The minimum absolute atomic E-state index is 0.0456. The first-order chi connectivity index (χ1) is 13.1. The lowest BCUT2D eigenvalue weighted by Gasteiger charge is -2.39. The number of hydrogen-bond acceptors (Lipinski definition) is 5. The molecule has 1 amide bonds. The van der Waals surface area contributed by atoms with Crippen LogP contribution in [0.4, 0.5) is 5.82 Å². The van der Waals surface area contributed by atoms with Gasteiger partial charge < -0.3 is 14.9 Å². The standard InChI is InChI=1S/C20H22N4O3/c25-19(14-5-9-23(10-6-14)18-12-21-7-8-22-18)24-13-16-4-2-1-3-15(16)11-17(24)20(26)27/h1-4,7-8,12,14,17H,5-6,9-11,13H2,(H,26,27)/t17-/m1/s1. The predicted octanol–water partition coefficient (Wildman–Crippen LogP) is 1.73. The highest BCUT2D eigenvalue weighted by molar-refractivity contribution is 5.86. The molecule has 0 spiro atoms. The van der Waals surface area contributed by atoms with Crippen LogP contribution in [0.5, 0.6) is 0 Å². The maximum absolute atomic E-state index is 13.1. The van der Waals surface area contributed by atoms with Crippen LogP contribution < -0.4 is 4.90 Å². The van der Waals surface area contributed by atoms with Gasteiger partial charge in [-0.25, -0.2) is 9.78 Å². The molecule has 0 bridgehead atoms. The molecule has 2 aliphatic heterocycles. The van der Waals surface area contributed by atoms with Crippen LogP contribution in [0.2, 0.25) is 0 Å². The van der Waals surface area contributed by atoms with Gasteiger partial charge in [0.15, 0.2) is 0 Å². The third kappa shape index (κ3) is 3.49. The summed E-state index contributed by atoms with van der Waals surface area (Å²) in [5.74, 6) is -0.311. The summed E-state index contributed by atoms with van der Waals surface area (Å²) in [6.45, 7) is 1.81. The van der Waals surface area contributed by atoms with Gasteiger partial charge in [-0.2, -0.15) is 0 Å². The molecule has 27 heavy (non-hydrogen) atoms. The summed E-state index contributed by atoms with van der Waals surface area (Å²) in [4.78, 5) is 37.0. The molecule has 0 unspecified atom stereocenters. The Kier molecular flexibility index (Phi) is 4.75. The first-order valence-electron chi connectivity index (χ1n) is 9.24. The summed E-state index contributed by atoms with van der Waals surface area (Å²) < 4.78 is 0. The molecule has 1 N–H and O–H groups in total. The van der Waals surface area contributed by atoms with Crippen LogP contribution in [0.25, 0.3) is 0 Å². The average molecular weight is 366 g/mol. The Labute approximate surface area is 157 Å². The molecular weight excluding hydrogens is 344 g/mol. The van der Waals surface area contributed by atoms with Crippen molar-refractivity contribution < 1.29 is 14.7 Å². The molecule has 4 rings (SSSR count). The van der Waals surface area contributed by atoms with E-state index in [0.717, 1.165) is 30.0 Å². The summed E-state index contributed by atoms with van der Waals surface area (Å²) in [5.41, 5.74) is 2.06. The fraction of sp³-hybridized carbons (Fsp3) is 0.400. The lowest BCUT2D eigenvalue weighted by atomic mass is 9.90. The number of carbonyl (C=O) groups is 2. The molecule has 0 radical (unpaired) electrons. The van der Waals surface area contributed by atoms with Crippen LogP contribution in [0, 0.1) is 5.92 Å². The number of benzene rings is 1. The molecule has 1 aromatic heterocycles. The van der Waals surface area contributed by atoms with Gasteiger partial charge in [-0.05, 0) is 24.0 Å². The number of carbonyl (C=O) groups excluding carboxylic acids is 1. The van der Waals surface area contributed by atoms with Crippen molar-refractivity contribution in [2.24, 2.45) is 5.92 Å². The van der Waals surface area contributed by atoms with E-state index in [4.69, 9.17) is 0 Å². The number of nitrogens with zero attached hydrogens (tertiary/aromatic N) is 4. The lowest BCUT2D eigenvalue weighted by Crippen LogP contribution is -2.52. The molecule has 1 saturated heterocycles. The second kappa shape index (κ2) is 7.34. The van der Waals surface area contributed by atoms with E-state index < -0.39 is 12.0 Å². The topological polar surface area (TPSA) is 86.6 Å². The minimum Gasteiger partial charge on any atom is -0.480 e. The fourth-order valence-corrected chi connectivity index (χ4v) is 4.02. The normalized spacial score (nSPS) is 20.2. The van der Waals surface area contributed by atoms with Crippen molar-refractivity contribution in [1.82, 2.24) is 14.9 Å². The number of piperidine rings is 1. The Hall–Kier alpha value is -2.96. The zero-order chi connectivity index (χ0) is 18.8. The number of anilines is 1. The molecule has 2 aromatic rings. The molecular formula is C20H22N4O3. The Morgan fingerprint density at radius 3 is 2.48 bits per heavy atom. The summed E-state index contributed by atoms with van der Waals surface area (Å²) in [5, 5.41) is 9.65. The van der Waals surface area contributed by atoms with Crippen LogP contribution in [0.1, 0.15) is 24.0 Å². The quantitative estimate of drug-likeness (QED) is 0.890. The summed E-state index contributed by atoms with van der Waals surface area (Å²) in [6, 6.07) is 6.99. The van der Waals surface area contributed by atoms with Crippen LogP contribution in [0.15, 0.2) is 42.9 Å². The monoisotopic (exact) mass is 366 g/mol. The van der Waals surface area contributed by atoms with E-state index in [1.807, 2.05) is 24.3 Å². The van der Waals surface area contributed by atoms with E-state index in [2.05, 4.69) is 14.9 Å². The van der Waals surface area contributed by atoms with E-state index in [1.54, 1.807) is 23.5 Å². The Bertz CT molecular complexity index is 834. The maximum atomic E-state index is 13.1. The van der Waals surface area contributed by atoms with Gasteiger partial charge in [0.25, 0.3) is 0 Å². The van der Waals surface area contributed by atoms with Crippen LogP contribution in [-0.4, -0.2) is 51.0 Å². The van der Waals surface area contributed by atoms with Gasteiger partial charge in [0.05, 0.1) is 6.20 Å². The second-order valence-electron chi connectivity index (χ2n) is 7.12. The average Bonchev–Trinajstić information content (AvgIpc) is 2.73. The van der Waals surface area contributed by atoms with Crippen molar-refractivity contribution in [2.45, 2.75) is 31.8 Å². The Morgan fingerprint density at radius 2 is 1.81 bits per heavy atom. The van der Waals surface area contributed by atoms with Gasteiger partial charge in [0.1, 0.15) is 11.9 Å². The second-order valence-corrected chi connectivity index (χ2v) is 7.12. The molecule has 1 fully saturated rings. The molecule has 0 aliphatic carbocycles. The lowest BCUT2D eigenvalue weighted by molar-refractivity contribution is -0.153. The van der Waals surface area contributed by atoms with Gasteiger partial charge in [-0.3, -0.25) is 9.78 Å². The van der Waals surface area contributed by atoms with Crippen LogP contribution in [-0.2, 0) is 22.6 Å². The summed E-state index contributed by atoms with van der Waals surface area (Å²) in [7, 11) is 0. The molecule has 3 heterocycles. The zero-order valence-electron chi connectivity index (χ0n) is 15.0. The molecule has 140 valence electrons. The number of hydrogen-bond donors (Lipinski definition) is 1. The number of rotatable bonds is 3. The van der Waals surface area contributed by atoms with E-state index >= 15 is 0 Å². The van der Waals surface area contributed by atoms with Gasteiger partial charge in [-0.15, -0.1) is 0 Å². The number of carboxylic acids is 1. The first-order valence-corrected chi connectivity index (χ1v) is 9.24. The number of aromatic nitrogens is 2. The van der Waals surface area contributed by atoms with Crippen LogP contribution in [0.3, 0.4) is 0 Å². The molecule has 2 aliphatic rings. The summed E-state index contributed by atoms with van der Waals surface area (Å²) >= 11 is 0. The van der Waals surface area contributed by atoms with E-state index in [0.29, 0.717) is 25.8 Å². The third-order valence-electron chi connectivity index (χ3n) is 5.53. The van der Waals surface area contributed by atoms with Gasteiger partial charge in [-0.1, -0.05) is 24.3 Å². The predicted molar refractivity (Wildman–Crippen MR) is 99.1 cm³/mol. The summed E-state index contributed by atoms with van der Waals surface area (Å²) in [6.07, 6.45) is 6.79. The van der Waals surface area contributed by atoms with Crippen LogP contribution >= 0.6 is 0 Å².